The van der Waals surface area contributed by atoms with Gasteiger partial charge in [0, 0.05) is 25.2 Å². The molecular formula is C17H16N2. The van der Waals surface area contributed by atoms with Crippen molar-refractivity contribution in [1.82, 2.24) is 4.98 Å². The van der Waals surface area contributed by atoms with Crippen LogP contribution in [0.1, 0.15) is 5.56 Å². The van der Waals surface area contributed by atoms with E-state index in [1.807, 2.05) is 12.3 Å². The number of benzene rings is 2. The second-order valence-electron chi connectivity index (χ2n) is 4.70. The van der Waals surface area contributed by atoms with Crippen LogP contribution in [0.25, 0.3) is 10.8 Å². The summed E-state index contributed by atoms with van der Waals surface area (Å²) in [4.78, 5) is 6.72. The molecule has 94 valence electrons. The zero-order valence-corrected chi connectivity index (χ0v) is 11.0. The maximum Gasteiger partial charge on any atom is 0.136 e. The summed E-state index contributed by atoms with van der Waals surface area (Å²) in [7, 11) is 2.09. The molecule has 0 aliphatic rings. The fraction of sp³-hybridized carbons (Fsp3) is 0.118. The first kappa shape index (κ1) is 11.7. The quantitative estimate of drug-likeness (QED) is 0.699. The lowest BCUT2D eigenvalue weighted by Crippen LogP contribution is -2.17. The fourth-order valence-electron chi connectivity index (χ4n) is 2.34. The Balaban J connectivity index is 1.96. The van der Waals surface area contributed by atoms with Crippen LogP contribution >= 0.6 is 0 Å². The van der Waals surface area contributed by atoms with Crippen LogP contribution in [0.3, 0.4) is 0 Å². The molecule has 1 heterocycles. The standard InChI is InChI=1S/C17H16N2/c1-19(13-14-7-3-2-4-8-14)17-16-10-6-5-9-15(16)11-12-18-17/h2-12H,13H2,1H3. The summed E-state index contributed by atoms with van der Waals surface area (Å²) >= 11 is 0. The molecule has 0 atom stereocenters. The lowest BCUT2D eigenvalue weighted by molar-refractivity contribution is 0.905. The summed E-state index contributed by atoms with van der Waals surface area (Å²) in [5.74, 6) is 1.03. The number of anilines is 1. The number of fused-ring (bicyclic) bond motifs is 1. The average molecular weight is 248 g/mol. The van der Waals surface area contributed by atoms with Crippen molar-refractivity contribution in [3.63, 3.8) is 0 Å². The first-order valence-corrected chi connectivity index (χ1v) is 6.43. The van der Waals surface area contributed by atoms with Gasteiger partial charge in [-0.1, -0.05) is 54.6 Å². The summed E-state index contributed by atoms with van der Waals surface area (Å²) in [6, 6.07) is 20.9. The third-order valence-electron chi connectivity index (χ3n) is 3.28. The molecule has 0 saturated heterocycles. The van der Waals surface area contributed by atoms with Gasteiger partial charge in [-0.25, -0.2) is 4.98 Å². The second kappa shape index (κ2) is 5.11. The first-order valence-electron chi connectivity index (χ1n) is 6.43. The highest BCUT2D eigenvalue weighted by molar-refractivity contribution is 5.91. The molecule has 2 nitrogen and oxygen atoms in total. The van der Waals surface area contributed by atoms with Crippen molar-refractivity contribution < 1.29 is 0 Å². The SMILES string of the molecule is CN(Cc1ccccc1)c1nccc2ccccc12. The summed E-state index contributed by atoms with van der Waals surface area (Å²) < 4.78 is 0. The number of aromatic nitrogens is 1. The minimum absolute atomic E-state index is 0.863. The molecule has 0 fully saturated rings. The predicted octanol–water partition coefficient (Wildman–Crippen LogP) is 3.87. The molecule has 1 aromatic heterocycles. The molecule has 0 bridgehead atoms. The van der Waals surface area contributed by atoms with Gasteiger partial charge in [-0.3, -0.25) is 0 Å². The molecular weight excluding hydrogens is 232 g/mol. The van der Waals surface area contributed by atoms with Crippen molar-refractivity contribution in [1.29, 1.82) is 0 Å². The van der Waals surface area contributed by atoms with E-state index in [1.165, 1.54) is 16.3 Å². The molecule has 0 aliphatic carbocycles. The van der Waals surface area contributed by atoms with Crippen LogP contribution in [0.5, 0.6) is 0 Å². The Bertz CT molecular complexity index is 672. The van der Waals surface area contributed by atoms with Crippen molar-refractivity contribution in [2.24, 2.45) is 0 Å². The fourth-order valence-corrected chi connectivity index (χ4v) is 2.34. The van der Waals surface area contributed by atoms with E-state index in [4.69, 9.17) is 0 Å². The maximum absolute atomic E-state index is 4.53. The third kappa shape index (κ3) is 2.43. The Hall–Kier alpha value is -2.35. The molecule has 19 heavy (non-hydrogen) atoms. The highest BCUT2D eigenvalue weighted by atomic mass is 15.2. The first-order chi connectivity index (χ1) is 9.34. The van der Waals surface area contributed by atoms with Gasteiger partial charge in [0.25, 0.3) is 0 Å². The van der Waals surface area contributed by atoms with E-state index in [0.29, 0.717) is 0 Å². The van der Waals surface area contributed by atoms with Gasteiger partial charge in [0.15, 0.2) is 0 Å². The third-order valence-corrected chi connectivity index (χ3v) is 3.28. The van der Waals surface area contributed by atoms with E-state index in [0.717, 1.165) is 12.4 Å². The molecule has 2 heteroatoms. The summed E-state index contributed by atoms with van der Waals surface area (Å²) in [6.45, 7) is 0.863. The van der Waals surface area contributed by atoms with Crippen LogP contribution in [0.4, 0.5) is 5.82 Å². The lowest BCUT2D eigenvalue weighted by Gasteiger charge is -2.20. The minimum atomic E-state index is 0.863. The van der Waals surface area contributed by atoms with Crippen LogP contribution in [0, 0.1) is 0 Å². The Labute approximate surface area is 113 Å². The largest absolute Gasteiger partial charge is 0.355 e. The summed E-state index contributed by atoms with van der Waals surface area (Å²) in [6.07, 6.45) is 1.87. The van der Waals surface area contributed by atoms with Gasteiger partial charge in [-0.05, 0) is 17.0 Å². The van der Waals surface area contributed by atoms with Gasteiger partial charge < -0.3 is 4.90 Å². The average Bonchev–Trinajstić information content (AvgIpc) is 2.47. The highest BCUT2D eigenvalue weighted by Crippen LogP contribution is 2.24. The van der Waals surface area contributed by atoms with Crippen molar-refractivity contribution in [3.8, 4) is 0 Å². The van der Waals surface area contributed by atoms with Crippen LogP contribution in [-0.2, 0) is 6.54 Å². The molecule has 0 saturated carbocycles. The van der Waals surface area contributed by atoms with Crippen molar-refractivity contribution in [2.45, 2.75) is 6.54 Å². The van der Waals surface area contributed by atoms with Gasteiger partial charge in [0.05, 0.1) is 0 Å². The smallest absolute Gasteiger partial charge is 0.136 e. The summed E-state index contributed by atoms with van der Waals surface area (Å²) in [5, 5.41) is 2.43. The monoisotopic (exact) mass is 248 g/mol. The zero-order chi connectivity index (χ0) is 13.1. The number of nitrogens with zero attached hydrogens (tertiary/aromatic N) is 2. The van der Waals surface area contributed by atoms with E-state index in [9.17, 15) is 0 Å². The van der Waals surface area contributed by atoms with Crippen molar-refractivity contribution in [2.75, 3.05) is 11.9 Å². The van der Waals surface area contributed by atoms with Crippen LogP contribution in [-0.4, -0.2) is 12.0 Å². The Morgan fingerprint density at radius 2 is 1.63 bits per heavy atom. The molecule has 0 radical (unpaired) electrons. The normalized spacial score (nSPS) is 10.6. The molecule has 0 spiro atoms. The van der Waals surface area contributed by atoms with Crippen LogP contribution in [0.2, 0.25) is 0 Å². The Morgan fingerprint density at radius 1 is 0.895 bits per heavy atom. The van der Waals surface area contributed by atoms with Gasteiger partial charge in [-0.15, -0.1) is 0 Å². The van der Waals surface area contributed by atoms with Crippen LogP contribution in [0.15, 0.2) is 66.9 Å². The van der Waals surface area contributed by atoms with E-state index in [2.05, 4.69) is 71.5 Å². The number of rotatable bonds is 3. The molecule has 0 amide bonds. The molecule has 0 unspecified atom stereocenters. The van der Waals surface area contributed by atoms with Crippen molar-refractivity contribution in [3.05, 3.63) is 72.4 Å². The minimum Gasteiger partial charge on any atom is -0.355 e. The molecule has 0 aliphatic heterocycles. The molecule has 0 N–H and O–H groups in total. The van der Waals surface area contributed by atoms with Gasteiger partial charge in [-0.2, -0.15) is 0 Å². The van der Waals surface area contributed by atoms with E-state index >= 15 is 0 Å². The lowest BCUT2D eigenvalue weighted by atomic mass is 10.1. The van der Waals surface area contributed by atoms with Gasteiger partial charge in [0.2, 0.25) is 0 Å². The van der Waals surface area contributed by atoms with E-state index in [1.54, 1.807) is 0 Å². The highest BCUT2D eigenvalue weighted by Gasteiger charge is 2.07. The van der Waals surface area contributed by atoms with Crippen molar-refractivity contribution >= 4 is 16.6 Å². The van der Waals surface area contributed by atoms with Gasteiger partial charge >= 0.3 is 0 Å². The zero-order valence-electron chi connectivity index (χ0n) is 11.0. The number of hydrogen-bond donors (Lipinski definition) is 0. The Morgan fingerprint density at radius 3 is 2.47 bits per heavy atom. The molecule has 2 aromatic carbocycles. The number of hydrogen-bond acceptors (Lipinski definition) is 2. The molecule has 3 aromatic rings. The maximum atomic E-state index is 4.53. The number of pyridine rings is 1. The topological polar surface area (TPSA) is 16.1 Å². The Kier molecular flexibility index (Phi) is 3.15. The van der Waals surface area contributed by atoms with Gasteiger partial charge in [0.1, 0.15) is 5.82 Å². The predicted molar refractivity (Wildman–Crippen MR) is 80.3 cm³/mol. The van der Waals surface area contributed by atoms with E-state index in [-0.39, 0.29) is 0 Å². The van der Waals surface area contributed by atoms with E-state index < -0.39 is 0 Å². The molecule has 3 rings (SSSR count). The van der Waals surface area contributed by atoms with Crippen LogP contribution < -0.4 is 4.90 Å². The second-order valence-corrected chi connectivity index (χ2v) is 4.70. The summed E-state index contributed by atoms with van der Waals surface area (Å²) in [5.41, 5.74) is 1.29.